The Hall–Kier alpha value is -1.92. The van der Waals surface area contributed by atoms with Gasteiger partial charge in [-0.2, -0.15) is 0 Å². The van der Waals surface area contributed by atoms with Gasteiger partial charge >= 0.3 is 0 Å². The standard InChI is InChI=1S/C17H24N4O2/c1-20-8-10-21(11-9-20)15(22)12-13-2-4-14(5-3-13)19-16(23)17(18)6-7-17/h2-5H,6-12,18H2,1H3,(H,19,23). The van der Waals surface area contributed by atoms with Gasteiger partial charge in [-0.1, -0.05) is 12.1 Å². The molecule has 1 aromatic rings. The molecule has 2 fully saturated rings. The van der Waals surface area contributed by atoms with Gasteiger partial charge < -0.3 is 20.9 Å². The minimum Gasteiger partial charge on any atom is -0.340 e. The lowest BCUT2D eigenvalue weighted by atomic mass is 10.1. The zero-order valence-electron chi connectivity index (χ0n) is 13.5. The average molecular weight is 316 g/mol. The van der Waals surface area contributed by atoms with Crippen molar-refractivity contribution in [2.24, 2.45) is 5.73 Å². The summed E-state index contributed by atoms with van der Waals surface area (Å²) in [7, 11) is 2.07. The molecule has 1 aromatic carbocycles. The van der Waals surface area contributed by atoms with Gasteiger partial charge in [0.2, 0.25) is 11.8 Å². The number of likely N-dealkylation sites (N-methyl/N-ethyl adjacent to an activating group) is 1. The van der Waals surface area contributed by atoms with Crippen molar-refractivity contribution < 1.29 is 9.59 Å². The summed E-state index contributed by atoms with van der Waals surface area (Å²) in [5.41, 5.74) is 6.87. The van der Waals surface area contributed by atoms with E-state index in [0.717, 1.165) is 50.3 Å². The molecular formula is C17H24N4O2. The fourth-order valence-electron chi connectivity index (χ4n) is 2.67. The van der Waals surface area contributed by atoms with Crippen molar-refractivity contribution in [3.05, 3.63) is 29.8 Å². The fraction of sp³-hybridized carbons (Fsp3) is 0.529. The third-order valence-corrected chi connectivity index (χ3v) is 4.66. The molecule has 0 atom stereocenters. The summed E-state index contributed by atoms with van der Waals surface area (Å²) in [5.74, 6) is 0.0348. The first-order chi connectivity index (χ1) is 11.0. The molecule has 6 nitrogen and oxygen atoms in total. The van der Waals surface area contributed by atoms with Crippen molar-refractivity contribution in [2.75, 3.05) is 38.5 Å². The normalized spacial score (nSPS) is 20.2. The Bertz CT molecular complexity index is 587. The van der Waals surface area contributed by atoms with Crippen LogP contribution in [0.2, 0.25) is 0 Å². The van der Waals surface area contributed by atoms with E-state index < -0.39 is 5.54 Å². The van der Waals surface area contributed by atoms with Gasteiger partial charge in [-0.15, -0.1) is 0 Å². The predicted molar refractivity (Wildman–Crippen MR) is 89.0 cm³/mol. The first kappa shape index (κ1) is 16.0. The molecule has 0 bridgehead atoms. The minimum atomic E-state index is -0.671. The van der Waals surface area contributed by atoms with Crippen LogP contribution >= 0.6 is 0 Å². The molecule has 0 spiro atoms. The maximum Gasteiger partial charge on any atom is 0.244 e. The molecule has 3 rings (SSSR count). The van der Waals surface area contributed by atoms with Crippen LogP contribution in [0.15, 0.2) is 24.3 Å². The van der Waals surface area contributed by atoms with Crippen molar-refractivity contribution in [1.82, 2.24) is 9.80 Å². The molecule has 1 aliphatic heterocycles. The number of hydrogen-bond donors (Lipinski definition) is 2. The second-order valence-corrected chi connectivity index (χ2v) is 6.67. The van der Waals surface area contributed by atoms with E-state index in [1.807, 2.05) is 29.2 Å². The summed E-state index contributed by atoms with van der Waals surface area (Å²) >= 11 is 0. The number of piperazine rings is 1. The average Bonchev–Trinajstić information content (AvgIpc) is 3.29. The summed E-state index contributed by atoms with van der Waals surface area (Å²) in [6.07, 6.45) is 1.89. The fourth-order valence-corrected chi connectivity index (χ4v) is 2.67. The van der Waals surface area contributed by atoms with Crippen LogP contribution in [-0.2, 0) is 16.0 Å². The second kappa shape index (κ2) is 6.29. The summed E-state index contributed by atoms with van der Waals surface area (Å²) in [5, 5.41) is 2.83. The van der Waals surface area contributed by atoms with Crippen LogP contribution in [0.5, 0.6) is 0 Å². The number of nitrogens with two attached hydrogens (primary N) is 1. The van der Waals surface area contributed by atoms with E-state index >= 15 is 0 Å². The number of nitrogens with one attached hydrogen (secondary N) is 1. The van der Waals surface area contributed by atoms with Crippen molar-refractivity contribution >= 4 is 17.5 Å². The monoisotopic (exact) mass is 316 g/mol. The Morgan fingerprint density at radius 3 is 2.30 bits per heavy atom. The van der Waals surface area contributed by atoms with E-state index in [9.17, 15) is 9.59 Å². The van der Waals surface area contributed by atoms with Gasteiger partial charge in [-0.3, -0.25) is 9.59 Å². The molecule has 124 valence electrons. The van der Waals surface area contributed by atoms with Gasteiger partial charge in [0.1, 0.15) is 0 Å². The number of rotatable bonds is 4. The Morgan fingerprint density at radius 2 is 1.74 bits per heavy atom. The predicted octanol–water partition coefficient (Wildman–Crippen LogP) is 0.433. The van der Waals surface area contributed by atoms with E-state index in [1.165, 1.54) is 0 Å². The first-order valence-corrected chi connectivity index (χ1v) is 8.12. The molecule has 6 heteroatoms. The Labute approximate surface area is 136 Å². The largest absolute Gasteiger partial charge is 0.340 e. The van der Waals surface area contributed by atoms with Crippen molar-refractivity contribution in [1.29, 1.82) is 0 Å². The van der Waals surface area contributed by atoms with E-state index in [-0.39, 0.29) is 11.8 Å². The molecule has 1 heterocycles. The number of anilines is 1. The first-order valence-electron chi connectivity index (χ1n) is 8.12. The van der Waals surface area contributed by atoms with Gasteiger partial charge in [-0.25, -0.2) is 0 Å². The van der Waals surface area contributed by atoms with Gasteiger partial charge in [0.15, 0.2) is 0 Å². The Balaban J connectivity index is 1.53. The van der Waals surface area contributed by atoms with E-state index in [1.54, 1.807) is 0 Å². The van der Waals surface area contributed by atoms with Crippen LogP contribution in [0.25, 0.3) is 0 Å². The van der Waals surface area contributed by atoms with E-state index in [4.69, 9.17) is 5.73 Å². The van der Waals surface area contributed by atoms with Crippen LogP contribution < -0.4 is 11.1 Å². The Morgan fingerprint density at radius 1 is 1.13 bits per heavy atom. The summed E-state index contributed by atoms with van der Waals surface area (Å²) in [6.45, 7) is 3.44. The number of carbonyl (C=O) groups is 2. The molecule has 1 aliphatic carbocycles. The Kier molecular flexibility index (Phi) is 4.37. The topological polar surface area (TPSA) is 78.7 Å². The minimum absolute atomic E-state index is 0.126. The third kappa shape index (κ3) is 3.89. The highest BCUT2D eigenvalue weighted by Crippen LogP contribution is 2.33. The van der Waals surface area contributed by atoms with Crippen molar-refractivity contribution in [2.45, 2.75) is 24.8 Å². The molecule has 0 unspecified atom stereocenters. The van der Waals surface area contributed by atoms with Gasteiger partial charge in [0.25, 0.3) is 0 Å². The number of nitrogens with zero attached hydrogens (tertiary/aromatic N) is 2. The van der Waals surface area contributed by atoms with Crippen LogP contribution in [-0.4, -0.2) is 60.4 Å². The highest BCUT2D eigenvalue weighted by atomic mass is 16.2. The third-order valence-electron chi connectivity index (χ3n) is 4.66. The van der Waals surface area contributed by atoms with Crippen molar-refractivity contribution in [3.63, 3.8) is 0 Å². The SMILES string of the molecule is CN1CCN(C(=O)Cc2ccc(NC(=O)C3(N)CC3)cc2)CC1. The quantitative estimate of drug-likeness (QED) is 0.844. The summed E-state index contributed by atoms with van der Waals surface area (Å²) < 4.78 is 0. The van der Waals surface area contributed by atoms with E-state index in [2.05, 4.69) is 17.3 Å². The lowest BCUT2D eigenvalue weighted by Crippen LogP contribution is -2.47. The second-order valence-electron chi connectivity index (χ2n) is 6.67. The van der Waals surface area contributed by atoms with Gasteiger partial charge in [0, 0.05) is 31.9 Å². The molecule has 23 heavy (non-hydrogen) atoms. The molecule has 1 saturated carbocycles. The maximum atomic E-state index is 12.3. The smallest absolute Gasteiger partial charge is 0.244 e. The van der Waals surface area contributed by atoms with Crippen LogP contribution in [0.1, 0.15) is 18.4 Å². The molecule has 2 amide bonds. The highest BCUT2D eigenvalue weighted by molar-refractivity contribution is 6.00. The highest BCUT2D eigenvalue weighted by Gasteiger charge is 2.45. The zero-order valence-corrected chi connectivity index (χ0v) is 13.5. The van der Waals surface area contributed by atoms with E-state index in [0.29, 0.717) is 6.42 Å². The van der Waals surface area contributed by atoms with Crippen LogP contribution in [0.3, 0.4) is 0 Å². The molecule has 0 radical (unpaired) electrons. The summed E-state index contributed by atoms with van der Waals surface area (Å²) in [4.78, 5) is 28.3. The lowest BCUT2D eigenvalue weighted by molar-refractivity contribution is -0.132. The number of carbonyl (C=O) groups excluding carboxylic acids is 2. The maximum absolute atomic E-state index is 12.3. The number of hydrogen-bond acceptors (Lipinski definition) is 4. The molecule has 0 aromatic heterocycles. The van der Waals surface area contributed by atoms with Crippen LogP contribution in [0, 0.1) is 0 Å². The zero-order chi connectivity index (χ0) is 16.4. The van der Waals surface area contributed by atoms with Gasteiger partial charge in [-0.05, 0) is 37.6 Å². The lowest BCUT2D eigenvalue weighted by Gasteiger charge is -2.32. The number of benzene rings is 1. The molecule has 2 aliphatic rings. The van der Waals surface area contributed by atoms with Gasteiger partial charge in [0.05, 0.1) is 12.0 Å². The van der Waals surface area contributed by atoms with Crippen molar-refractivity contribution in [3.8, 4) is 0 Å². The molecule has 1 saturated heterocycles. The molecular weight excluding hydrogens is 292 g/mol. The summed E-state index contributed by atoms with van der Waals surface area (Å²) in [6, 6.07) is 7.44. The van der Waals surface area contributed by atoms with Crippen LogP contribution in [0.4, 0.5) is 5.69 Å². The molecule has 3 N–H and O–H groups in total. The number of amides is 2.